The zero-order chi connectivity index (χ0) is 22.0. The predicted molar refractivity (Wildman–Crippen MR) is 114 cm³/mol. The summed E-state index contributed by atoms with van der Waals surface area (Å²) in [5.41, 5.74) is 2.15. The Balaban J connectivity index is 1.76. The molecule has 0 aliphatic heterocycles. The molecule has 0 saturated carbocycles. The van der Waals surface area contributed by atoms with Crippen LogP contribution in [-0.2, 0) is 25.5 Å². The van der Waals surface area contributed by atoms with E-state index in [1.54, 1.807) is 20.8 Å². The quantitative estimate of drug-likeness (QED) is 0.645. The summed E-state index contributed by atoms with van der Waals surface area (Å²) in [5.74, 6) is -1.01. The second-order valence-corrected chi connectivity index (χ2v) is 7.71. The van der Waals surface area contributed by atoms with Crippen LogP contribution < -0.4 is 10.6 Å². The van der Waals surface area contributed by atoms with E-state index in [1.165, 1.54) is 0 Å². The van der Waals surface area contributed by atoms with Gasteiger partial charge < -0.3 is 20.1 Å². The lowest BCUT2D eigenvalue weighted by Crippen LogP contribution is -2.34. The van der Waals surface area contributed by atoms with E-state index in [0.717, 1.165) is 11.1 Å². The van der Waals surface area contributed by atoms with Crippen LogP contribution in [-0.4, -0.2) is 36.7 Å². The highest BCUT2D eigenvalue weighted by molar-refractivity contribution is 5.93. The van der Waals surface area contributed by atoms with Crippen molar-refractivity contribution >= 4 is 23.7 Å². The minimum absolute atomic E-state index is 0.0584. The Hall–Kier alpha value is -3.35. The van der Waals surface area contributed by atoms with Crippen LogP contribution in [0.15, 0.2) is 54.6 Å². The van der Waals surface area contributed by atoms with Gasteiger partial charge in [0.05, 0.1) is 6.42 Å². The SMILES string of the molecule is CC(C)(C)OC(=O)NCCC(=O)OCC(=O)Nc1ccccc1Cc1ccccc1. The maximum Gasteiger partial charge on any atom is 0.407 e. The predicted octanol–water partition coefficient (Wildman–Crippen LogP) is 3.67. The van der Waals surface area contributed by atoms with Crippen molar-refractivity contribution in [1.29, 1.82) is 0 Å². The number of anilines is 1. The maximum atomic E-state index is 12.2. The lowest BCUT2D eigenvalue weighted by molar-refractivity contribution is -0.147. The summed E-state index contributed by atoms with van der Waals surface area (Å²) in [6.45, 7) is 4.91. The third kappa shape index (κ3) is 8.77. The fourth-order valence-corrected chi connectivity index (χ4v) is 2.60. The van der Waals surface area contributed by atoms with Gasteiger partial charge in [0.2, 0.25) is 0 Å². The Labute approximate surface area is 176 Å². The van der Waals surface area contributed by atoms with Gasteiger partial charge in [-0.15, -0.1) is 0 Å². The van der Waals surface area contributed by atoms with E-state index < -0.39 is 30.2 Å². The van der Waals surface area contributed by atoms with Gasteiger partial charge in [-0.25, -0.2) is 4.79 Å². The zero-order valence-corrected chi connectivity index (χ0v) is 17.6. The van der Waals surface area contributed by atoms with E-state index in [1.807, 2.05) is 54.6 Å². The van der Waals surface area contributed by atoms with Crippen LogP contribution in [0.3, 0.4) is 0 Å². The van der Waals surface area contributed by atoms with Crippen LogP contribution in [0, 0.1) is 0 Å². The molecule has 0 saturated heterocycles. The van der Waals surface area contributed by atoms with Gasteiger partial charge >= 0.3 is 12.1 Å². The van der Waals surface area contributed by atoms with E-state index >= 15 is 0 Å². The molecule has 7 nitrogen and oxygen atoms in total. The molecule has 7 heteroatoms. The van der Waals surface area contributed by atoms with Crippen molar-refractivity contribution in [1.82, 2.24) is 5.32 Å². The average Bonchev–Trinajstić information content (AvgIpc) is 2.67. The monoisotopic (exact) mass is 412 g/mol. The molecule has 0 bridgehead atoms. The van der Waals surface area contributed by atoms with Crippen LogP contribution in [0.2, 0.25) is 0 Å². The third-order valence-corrected chi connectivity index (χ3v) is 3.89. The Kier molecular flexibility index (Phi) is 8.41. The molecule has 160 valence electrons. The van der Waals surface area contributed by atoms with Gasteiger partial charge in [0.15, 0.2) is 6.61 Å². The highest BCUT2D eigenvalue weighted by Gasteiger charge is 2.16. The zero-order valence-electron chi connectivity index (χ0n) is 17.6. The van der Waals surface area contributed by atoms with Crippen LogP contribution in [0.25, 0.3) is 0 Å². The highest BCUT2D eigenvalue weighted by atomic mass is 16.6. The number of carbonyl (C=O) groups is 3. The Bertz CT molecular complexity index is 859. The smallest absolute Gasteiger partial charge is 0.407 e. The largest absolute Gasteiger partial charge is 0.456 e. The molecule has 0 spiro atoms. The molecule has 2 aromatic carbocycles. The second-order valence-electron chi connectivity index (χ2n) is 7.71. The van der Waals surface area contributed by atoms with Gasteiger partial charge in [-0.3, -0.25) is 9.59 Å². The first-order valence-electron chi connectivity index (χ1n) is 9.77. The number of benzene rings is 2. The first-order chi connectivity index (χ1) is 14.2. The lowest BCUT2D eigenvalue weighted by Gasteiger charge is -2.19. The minimum atomic E-state index is -0.612. The number of rotatable bonds is 8. The first kappa shape index (κ1) is 22.9. The van der Waals surface area contributed by atoms with Crippen molar-refractivity contribution in [2.24, 2.45) is 0 Å². The standard InChI is InChI=1S/C23H28N2O5/c1-23(2,3)30-22(28)24-14-13-21(27)29-16-20(26)25-19-12-8-7-11-18(19)15-17-9-5-4-6-10-17/h4-12H,13-16H2,1-3H3,(H,24,28)(H,25,26). The molecule has 0 fully saturated rings. The van der Waals surface area contributed by atoms with Crippen molar-refractivity contribution in [3.63, 3.8) is 0 Å². The van der Waals surface area contributed by atoms with Gasteiger partial charge in [-0.1, -0.05) is 48.5 Å². The first-order valence-corrected chi connectivity index (χ1v) is 9.77. The molecular weight excluding hydrogens is 384 g/mol. The summed E-state index contributed by atoms with van der Waals surface area (Å²) in [4.78, 5) is 35.5. The van der Waals surface area contributed by atoms with E-state index in [4.69, 9.17) is 9.47 Å². The molecule has 0 aliphatic rings. The molecule has 0 radical (unpaired) electrons. The van der Waals surface area contributed by atoms with Gasteiger partial charge in [-0.05, 0) is 44.4 Å². The topological polar surface area (TPSA) is 93.7 Å². The third-order valence-electron chi connectivity index (χ3n) is 3.89. The van der Waals surface area contributed by atoms with Crippen molar-refractivity contribution in [2.45, 2.75) is 39.2 Å². The highest BCUT2D eigenvalue weighted by Crippen LogP contribution is 2.19. The minimum Gasteiger partial charge on any atom is -0.456 e. The number of carbonyl (C=O) groups excluding carboxylic acids is 3. The molecule has 2 amide bonds. The molecule has 2 rings (SSSR count). The molecular formula is C23H28N2O5. The van der Waals surface area contributed by atoms with E-state index in [9.17, 15) is 14.4 Å². The summed E-state index contributed by atoms with van der Waals surface area (Å²) < 4.78 is 10.0. The molecule has 0 heterocycles. The fourth-order valence-electron chi connectivity index (χ4n) is 2.60. The number of ether oxygens (including phenoxy) is 2. The number of esters is 1. The summed E-state index contributed by atoms with van der Waals surface area (Å²) >= 11 is 0. The van der Waals surface area contributed by atoms with Crippen molar-refractivity contribution in [2.75, 3.05) is 18.5 Å². The Morgan fingerprint density at radius 1 is 0.933 bits per heavy atom. The molecule has 0 aromatic heterocycles. The summed E-state index contributed by atoms with van der Waals surface area (Å²) in [5, 5.41) is 5.25. The summed E-state index contributed by atoms with van der Waals surface area (Å²) in [6.07, 6.45) is 0.00734. The van der Waals surface area contributed by atoms with Crippen molar-refractivity contribution < 1.29 is 23.9 Å². The summed E-state index contributed by atoms with van der Waals surface area (Å²) in [7, 11) is 0. The number of para-hydroxylation sites is 1. The van der Waals surface area contributed by atoms with Gasteiger partial charge in [-0.2, -0.15) is 0 Å². The van der Waals surface area contributed by atoms with Crippen LogP contribution >= 0.6 is 0 Å². The average molecular weight is 412 g/mol. The lowest BCUT2D eigenvalue weighted by atomic mass is 10.0. The van der Waals surface area contributed by atoms with Crippen LogP contribution in [0.5, 0.6) is 0 Å². The van der Waals surface area contributed by atoms with Crippen LogP contribution in [0.1, 0.15) is 38.3 Å². The molecule has 2 aromatic rings. The Morgan fingerprint density at radius 3 is 2.30 bits per heavy atom. The van der Waals surface area contributed by atoms with E-state index in [-0.39, 0.29) is 13.0 Å². The summed E-state index contributed by atoms with van der Waals surface area (Å²) in [6, 6.07) is 17.4. The van der Waals surface area contributed by atoms with Gasteiger partial charge in [0, 0.05) is 12.2 Å². The molecule has 30 heavy (non-hydrogen) atoms. The van der Waals surface area contributed by atoms with Crippen molar-refractivity contribution in [3.8, 4) is 0 Å². The van der Waals surface area contributed by atoms with Crippen molar-refractivity contribution in [3.05, 3.63) is 65.7 Å². The molecule has 0 aliphatic carbocycles. The fraction of sp³-hybridized carbons (Fsp3) is 0.348. The molecule has 0 atom stereocenters. The second kappa shape index (κ2) is 11.0. The maximum absolute atomic E-state index is 12.2. The van der Waals surface area contributed by atoms with Gasteiger partial charge in [0.25, 0.3) is 5.91 Å². The van der Waals surface area contributed by atoms with E-state index in [2.05, 4.69) is 10.6 Å². The van der Waals surface area contributed by atoms with E-state index in [0.29, 0.717) is 12.1 Å². The number of alkyl carbamates (subject to hydrolysis) is 1. The number of hydrogen-bond acceptors (Lipinski definition) is 5. The number of nitrogens with one attached hydrogen (secondary N) is 2. The molecule has 0 unspecified atom stereocenters. The Morgan fingerprint density at radius 2 is 1.60 bits per heavy atom. The molecule has 2 N–H and O–H groups in total. The van der Waals surface area contributed by atoms with Gasteiger partial charge in [0.1, 0.15) is 5.60 Å². The number of amides is 2. The normalized spacial score (nSPS) is 10.8. The number of hydrogen-bond donors (Lipinski definition) is 2. The van der Waals surface area contributed by atoms with Crippen LogP contribution in [0.4, 0.5) is 10.5 Å².